The standard InChI is InChI=1S/C16H26N2O/c1-11(2)18-16(6,14(17)19)13-9-7-12(8-10-13)15(3,4)5/h7-11,18H,1-6H3,(H2,17,19). The summed E-state index contributed by atoms with van der Waals surface area (Å²) < 4.78 is 0. The first-order chi connectivity index (χ1) is 8.57. The van der Waals surface area contributed by atoms with Crippen LogP contribution in [0.2, 0.25) is 0 Å². The minimum absolute atomic E-state index is 0.104. The van der Waals surface area contributed by atoms with Crippen LogP contribution in [-0.4, -0.2) is 11.9 Å². The lowest BCUT2D eigenvalue weighted by Gasteiger charge is -2.31. The van der Waals surface area contributed by atoms with E-state index in [9.17, 15) is 4.79 Å². The summed E-state index contributed by atoms with van der Waals surface area (Å²) in [6.07, 6.45) is 0. The lowest BCUT2D eigenvalue weighted by molar-refractivity contribution is -0.124. The Labute approximate surface area is 116 Å². The SMILES string of the molecule is CC(C)NC(C)(C(N)=O)c1ccc(C(C)(C)C)cc1. The van der Waals surface area contributed by atoms with Crippen molar-refractivity contribution in [3.63, 3.8) is 0 Å². The fourth-order valence-electron chi connectivity index (χ4n) is 2.18. The van der Waals surface area contributed by atoms with Gasteiger partial charge < -0.3 is 5.73 Å². The van der Waals surface area contributed by atoms with Crippen LogP contribution in [-0.2, 0) is 15.7 Å². The zero-order chi connectivity index (χ0) is 14.8. The van der Waals surface area contributed by atoms with Gasteiger partial charge in [0.15, 0.2) is 0 Å². The second kappa shape index (κ2) is 5.33. The molecule has 0 aliphatic carbocycles. The highest BCUT2D eigenvalue weighted by Crippen LogP contribution is 2.26. The summed E-state index contributed by atoms with van der Waals surface area (Å²) in [5, 5.41) is 3.26. The molecule has 3 heteroatoms. The maximum atomic E-state index is 11.8. The normalized spacial score (nSPS) is 15.3. The number of hydrogen-bond acceptors (Lipinski definition) is 2. The molecular formula is C16H26N2O. The smallest absolute Gasteiger partial charge is 0.242 e. The van der Waals surface area contributed by atoms with Gasteiger partial charge in [-0.2, -0.15) is 0 Å². The molecule has 0 aromatic heterocycles. The van der Waals surface area contributed by atoms with Crippen LogP contribution in [0.4, 0.5) is 0 Å². The molecule has 0 saturated carbocycles. The van der Waals surface area contributed by atoms with E-state index in [2.05, 4.69) is 38.2 Å². The van der Waals surface area contributed by atoms with Crippen LogP contribution in [0.3, 0.4) is 0 Å². The molecule has 3 nitrogen and oxygen atoms in total. The molecule has 1 atom stereocenters. The number of amides is 1. The van der Waals surface area contributed by atoms with Crippen molar-refractivity contribution in [3.05, 3.63) is 35.4 Å². The molecule has 106 valence electrons. The van der Waals surface area contributed by atoms with E-state index in [1.165, 1.54) is 5.56 Å². The summed E-state index contributed by atoms with van der Waals surface area (Å²) in [6.45, 7) is 12.3. The van der Waals surface area contributed by atoms with Crippen LogP contribution < -0.4 is 11.1 Å². The third-order valence-electron chi connectivity index (χ3n) is 3.40. The Hall–Kier alpha value is -1.35. The van der Waals surface area contributed by atoms with Crippen molar-refractivity contribution in [2.45, 2.75) is 58.5 Å². The predicted octanol–water partition coefficient (Wildman–Crippen LogP) is 2.68. The molecular weight excluding hydrogens is 236 g/mol. The third kappa shape index (κ3) is 3.57. The van der Waals surface area contributed by atoms with E-state index in [1.807, 2.05) is 32.9 Å². The Bertz CT molecular complexity index is 443. The summed E-state index contributed by atoms with van der Waals surface area (Å²) in [5.41, 5.74) is 7.00. The Morgan fingerprint density at radius 2 is 1.47 bits per heavy atom. The first-order valence-corrected chi connectivity index (χ1v) is 6.76. The largest absolute Gasteiger partial charge is 0.368 e. The summed E-state index contributed by atoms with van der Waals surface area (Å²) in [6, 6.07) is 8.29. The highest BCUT2D eigenvalue weighted by Gasteiger charge is 2.33. The van der Waals surface area contributed by atoms with Crippen molar-refractivity contribution in [1.82, 2.24) is 5.32 Å². The Kier molecular flexibility index (Phi) is 4.41. The molecule has 1 aromatic carbocycles. The highest BCUT2D eigenvalue weighted by atomic mass is 16.1. The van der Waals surface area contributed by atoms with Gasteiger partial charge in [-0.05, 0) is 37.3 Å². The Balaban J connectivity index is 3.15. The van der Waals surface area contributed by atoms with Crippen LogP contribution in [0.25, 0.3) is 0 Å². The van der Waals surface area contributed by atoms with Gasteiger partial charge in [0.05, 0.1) is 0 Å². The van der Waals surface area contributed by atoms with E-state index in [1.54, 1.807) is 0 Å². The van der Waals surface area contributed by atoms with Crippen LogP contribution in [0.1, 0.15) is 52.7 Å². The number of nitrogens with two attached hydrogens (primary N) is 1. The van der Waals surface area contributed by atoms with Gasteiger partial charge in [-0.1, -0.05) is 45.0 Å². The summed E-state index contributed by atoms with van der Waals surface area (Å²) in [5.74, 6) is -0.357. The number of benzene rings is 1. The first-order valence-electron chi connectivity index (χ1n) is 6.76. The van der Waals surface area contributed by atoms with E-state index in [-0.39, 0.29) is 17.4 Å². The number of nitrogens with one attached hydrogen (secondary N) is 1. The first kappa shape index (κ1) is 15.7. The van der Waals surface area contributed by atoms with Gasteiger partial charge in [-0.3, -0.25) is 10.1 Å². The third-order valence-corrected chi connectivity index (χ3v) is 3.40. The zero-order valence-corrected chi connectivity index (χ0v) is 12.9. The number of carbonyl (C=O) groups excluding carboxylic acids is 1. The fourth-order valence-corrected chi connectivity index (χ4v) is 2.18. The monoisotopic (exact) mass is 262 g/mol. The maximum Gasteiger partial charge on any atom is 0.242 e. The molecule has 19 heavy (non-hydrogen) atoms. The molecule has 3 N–H and O–H groups in total. The maximum absolute atomic E-state index is 11.8. The zero-order valence-electron chi connectivity index (χ0n) is 12.9. The molecule has 1 unspecified atom stereocenters. The van der Waals surface area contributed by atoms with E-state index in [4.69, 9.17) is 5.73 Å². The average Bonchev–Trinajstić information content (AvgIpc) is 2.26. The molecule has 1 aromatic rings. The van der Waals surface area contributed by atoms with Crippen molar-refractivity contribution in [2.75, 3.05) is 0 Å². The van der Waals surface area contributed by atoms with Gasteiger partial charge >= 0.3 is 0 Å². The molecule has 0 spiro atoms. The van der Waals surface area contributed by atoms with Gasteiger partial charge in [0.2, 0.25) is 5.91 Å². The topological polar surface area (TPSA) is 55.1 Å². The molecule has 1 rings (SSSR count). The molecule has 0 radical (unpaired) electrons. The van der Waals surface area contributed by atoms with Crippen molar-refractivity contribution < 1.29 is 4.79 Å². The van der Waals surface area contributed by atoms with Crippen molar-refractivity contribution in [1.29, 1.82) is 0 Å². The molecule has 0 saturated heterocycles. The number of carbonyl (C=O) groups is 1. The van der Waals surface area contributed by atoms with Crippen LogP contribution in [0.5, 0.6) is 0 Å². The van der Waals surface area contributed by atoms with Crippen LogP contribution in [0, 0.1) is 0 Å². The van der Waals surface area contributed by atoms with Gasteiger partial charge in [0.1, 0.15) is 5.54 Å². The van der Waals surface area contributed by atoms with Crippen LogP contribution >= 0.6 is 0 Å². The quantitative estimate of drug-likeness (QED) is 0.876. The number of primary amides is 1. The molecule has 1 amide bonds. The van der Waals surface area contributed by atoms with E-state index in [0.717, 1.165) is 5.56 Å². The number of hydrogen-bond donors (Lipinski definition) is 2. The minimum Gasteiger partial charge on any atom is -0.368 e. The molecule has 0 fully saturated rings. The van der Waals surface area contributed by atoms with Crippen molar-refractivity contribution >= 4 is 5.91 Å². The number of rotatable bonds is 4. The lowest BCUT2D eigenvalue weighted by Crippen LogP contribution is -2.52. The van der Waals surface area contributed by atoms with Gasteiger partial charge in [0, 0.05) is 6.04 Å². The van der Waals surface area contributed by atoms with Gasteiger partial charge in [0.25, 0.3) is 0 Å². The second-order valence-electron chi connectivity index (χ2n) is 6.62. The van der Waals surface area contributed by atoms with Gasteiger partial charge in [-0.15, -0.1) is 0 Å². The lowest BCUT2D eigenvalue weighted by atomic mass is 9.83. The highest BCUT2D eigenvalue weighted by molar-refractivity contribution is 5.85. The van der Waals surface area contributed by atoms with Crippen LogP contribution in [0.15, 0.2) is 24.3 Å². The van der Waals surface area contributed by atoms with E-state index < -0.39 is 5.54 Å². The average molecular weight is 262 g/mol. The van der Waals surface area contributed by atoms with E-state index >= 15 is 0 Å². The molecule has 0 bridgehead atoms. The minimum atomic E-state index is -0.829. The molecule has 0 aliphatic rings. The van der Waals surface area contributed by atoms with Crippen molar-refractivity contribution in [3.8, 4) is 0 Å². The van der Waals surface area contributed by atoms with Gasteiger partial charge in [-0.25, -0.2) is 0 Å². The summed E-state index contributed by atoms with van der Waals surface area (Å²) in [7, 11) is 0. The summed E-state index contributed by atoms with van der Waals surface area (Å²) >= 11 is 0. The Morgan fingerprint density at radius 1 is 1.05 bits per heavy atom. The Morgan fingerprint density at radius 3 is 1.79 bits per heavy atom. The molecule has 0 aliphatic heterocycles. The van der Waals surface area contributed by atoms with E-state index in [0.29, 0.717) is 0 Å². The second-order valence-corrected chi connectivity index (χ2v) is 6.62. The summed E-state index contributed by atoms with van der Waals surface area (Å²) in [4.78, 5) is 11.8. The molecule has 0 heterocycles. The van der Waals surface area contributed by atoms with Crippen molar-refractivity contribution in [2.24, 2.45) is 5.73 Å². The predicted molar refractivity (Wildman–Crippen MR) is 80.0 cm³/mol. The fraction of sp³-hybridized carbons (Fsp3) is 0.562.